The van der Waals surface area contributed by atoms with E-state index in [1.54, 1.807) is 36.5 Å². The van der Waals surface area contributed by atoms with E-state index in [-0.39, 0.29) is 77.0 Å². The summed E-state index contributed by atoms with van der Waals surface area (Å²) in [6.45, 7) is 0.567. The van der Waals surface area contributed by atoms with Crippen LogP contribution in [0, 0.1) is 0 Å². The number of H-pyrrole nitrogens is 1. The minimum atomic E-state index is -1.74. The summed E-state index contributed by atoms with van der Waals surface area (Å²) in [6, 6.07) is 6.04. The zero-order valence-corrected chi connectivity index (χ0v) is 39.8. The first-order valence-electron chi connectivity index (χ1n) is 23.6. The predicted octanol–water partition coefficient (Wildman–Crippen LogP) is -3.28. The number of hydrogen-bond donors (Lipinski definition) is 14. The Morgan fingerprint density at radius 2 is 1.39 bits per heavy atom. The molecule has 1 fully saturated rings. The van der Waals surface area contributed by atoms with Gasteiger partial charge >= 0.3 is 0 Å². The van der Waals surface area contributed by atoms with Gasteiger partial charge in [-0.2, -0.15) is 0 Å². The average Bonchev–Trinajstić information content (AvgIpc) is 3.74. The molecule has 386 valence electrons. The lowest BCUT2D eigenvalue weighted by Gasteiger charge is -2.27. The third kappa shape index (κ3) is 18.7. The number of guanidine groups is 1. The van der Waals surface area contributed by atoms with Crippen LogP contribution in [0.2, 0.25) is 0 Å². The number of carbonyl (C=O) groups excluding carboxylic acids is 9. The molecule has 0 spiro atoms. The van der Waals surface area contributed by atoms with Gasteiger partial charge in [-0.1, -0.05) is 48.5 Å². The van der Waals surface area contributed by atoms with E-state index in [4.69, 9.17) is 22.9 Å². The van der Waals surface area contributed by atoms with Crippen LogP contribution in [0.1, 0.15) is 75.8 Å². The molecule has 1 aliphatic heterocycles. The van der Waals surface area contributed by atoms with Crippen molar-refractivity contribution in [2.24, 2.45) is 27.9 Å². The number of aliphatic imine (C=N–C) groups is 1. The highest BCUT2D eigenvalue weighted by molar-refractivity contribution is 5.99. The summed E-state index contributed by atoms with van der Waals surface area (Å²) >= 11 is 0. The Morgan fingerprint density at radius 3 is 2.07 bits per heavy atom. The first-order valence-corrected chi connectivity index (χ1v) is 23.6. The van der Waals surface area contributed by atoms with Crippen molar-refractivity contribution in [2.45, 2.75) is 120 Å². The largest absolute Gasteiger partial charge is 0.394 e. The van der Waals surface area contributed by atoms with Gasteiger partial charge in [-0.05, 0) is 75.1 Å². The molecule has 2 heterocycles. The van der Waals surface area contributed by atoms with Crippen LogP contribution in [0.4, 0.5) is 0 Å². The number of aliphatic hydroxyl groups is 1. The number of rotatable bonds is 17. The van der Waals surface area contributed by atoms with Crippen molar-refractivity contribution in [2.75, 3.05) is 26.2 Å². The fourth-order valence-corrected chi connectivity index (χ4v) is 7.85. The molecule has 0 saturated carbocycles. The van der Waals surface area contributed by atoms with Gasteiger partial charge in [0, 0.05) is 50.0 Å². The molecule has 4 rings (SSSR count). The number of benzene rings is 2. The van der Waals surface area contributed by atoms with E-state index < -0.39 is 108 Å². The van der Waals surface area contributed by atoms with E-state index in [9.17, 15) is 48.3 Å². The van der Waals surface area contributed by atoms with Gasteiger partial charge < -0.3 is 75.6 Å². The van der Waals surface area contributed by atoms with Crippen molar-refractivity contribution in [3.05, 3.63) is 71.9 Å². The molecule has 2 aromatic carbocycles. The lowest BCUT2D eigenvalue weighted by molar-refractivity contribution is -0.136. The molecule has 71 heavy (non-hydrogen) atoms. The predicted molar refractivity (Wildman–Crippen MR) is 262 cm³/mol. The van der Waals surface area contributed by atoms with Crippen LogP contribution < -0.4 is 65.5 Å². The smallest absolute Gasteiger partial charge is 0.245 e. The Kier molecular flexibility index (Phi) is 22.7. The first-order chi connectivity index (χ1) is 34.0. The van der Waals surface area contributed by atoms with Gasteiger partial charge in [0.25, 0.3) is 0 Å². The van der Waals surface area contributed by atoms with Crippen molar-refractivity contribution in [1.82, 2.24) is 47.5 Å². The number of aliphatic hydroxyl groups excluding tert-OH is 1. The second-order valence-electron chi connectivity index (χ2n) is 17.2. The van der Waals surface area contributed by atoms with Crippen molar-refractivity contribution >= 4 is 70.0 Å². The first kappa shape index (κ1) is 56.0. The van der Waals surface area contributed by atoms with E-state index in [2.05, 4.69) is 52.5 Å². The summed E-state index contributed by atoms with van der Waals surface area (Å²) in [5.41, 5.74) is 24.4. The van der Waals surface area contributed by atoms with Gasteiger partial charge in [-0.25, -0.2) is 0 Å². The van der Waals surface area contributed by atoms with Gasteiger partial charge in [0.2, 0.25) is 53.2 Å². The van der Waals surface area contributed by atoms with Crippen molar-refractivity contribution in [1.29, 1.82) is 0 Å². The number of para-hydroxylation sites is 1. The molecule has 18 N–H and O–H groups in total. The number of hydrogen-bond acceptors (Lipinski definition) is 12. The van der Waals surface area contributed by atoms with Gasteiger partial charge in [0.1, 0.15) is 42.3 Å². The Labute approximate surface area is 410 Å². The molecule has 1 aliphatic rings. The number of aromatic nitrogens is 1. The minimum absolute atomic E-state index is 0.0101. The maximum absolute atomic E-state index is 14.4. The maximum Gasteiger partial charge on any atom is 0.245 e. The van der Waals surface area contributed by atoms with Gasteiger partial charge in [-0.3, -0.25) is 48.1 Å². The molecule has 7 unspecified atom stereocenters. The molecule has 0 radical (unpaired) electrons. The number of amides is 9. The summed E-state index contributed by atoms with van der Waals surface area (Å²) in [5, 5.41) is 32.0. The van der Waals surface area contributed by atoms with Crippen LogP contribution in [-0.2, 0) is 56.0 Å². The molecule has 24 nitrogen and oxygen atoms in total. The number of nitrogens with one attached hydrogen (secondary N) is 9. The van der Waals surface area contributed by atoms with Gasteiger partial charge in [0.15, 0.2) is 5.96 Å². The molecular weight excluding hydrogens is 921 g/mol. The van der Waals surface area contributed by atoms with E-state index in [0.717, 1.165) is 10.9 Å². The number of nitrogens with zero attached hydrogens (tertiary/aromatic N) is 1. The van der Waals surface area contributed by atoms with Crippen LogP contribution in [0.25, 0.3) is 10.9 Å². The fourth-order valence-electron chi connectivity index (χ4n) is 7.85. The van der Waals surface area contributed by atoms with Crippen molar-refractivity contribution in [3.8, 4) is 0 Å². The fraction of sp³-hybridized carbons (Fsp3) is 0.489. The zero-order valence-electron chi connectivity index (χ0n) is 39.8. The molecule has 24 heteroatoms. The molecule has 0 bridgehead atoms. The second-order valence-corrected chi connectivity index (χ2v) is 17.2. The normalized spacial score (nSPS) is 21.7. The molecule has 7 atom stereocenters. The Balaban J connectivity index is 1.72. The molecule has 9 amide bonds. The third-order valence-corrected chi connectivity index (χ3v) is 11.6. The molecule has 1 aromatic heterocycles. The Bertz CT molecular complexity index is 2340. The van der Waals surface area contributed by atoms with E-state index in [0.29, 0.717) is 24.0 Å². The van der Waals surface area contributed by atoms with Crippen LogP contribution in [0.15, 0.2) is 65.8 Å². The van der Waals surface area contributed by atoms with Crippen molar-refractivity contribution < 1.29 is 48.3 Å². The molecule has 3 aromatic rings. The lowest BCUT2D eigenvalue weighted by Crippen LogP contribution is -2.61. The quantitative estimate of drug-likeness (QED) is 0.0359. The van der Waals surface area contributed by atoms with Crippen LogP contribution in [-0.4, -0.2) is 138 Å². The second kappa shape index (κ2) is 28.8. The topological polar surface area (TPSA) is 402 Å². The lowest BCUT2D eigenvalue weighted by atomic mass is 10.0. The molecule has 0 aliphatic carbocycles. The standard InChI is InChI=1S/C47H68N14O10/c1-27(63)55-33(18-11-21-53-47(50)51)41(66)60-37-24-39(64)52-20-10-8-16-32(40(49)65)56-44(69)36(23-29-25-54-31-15-6-5-14-30(29)31)59-42(67)34(17-7-9-19-48)57-43(68)35(22-28-12-3-2-4-13-28)58-46(71)38(26-62)61-45(37)70/h2-6,12-15,25,32-38,54,62H,7-11,16-24,26,48H2,1H3,(H2,49,65)(H,52,64)(H,55,63)(H,56,69)(H,57,68)(H,58,71)(H,59,67)(H,60,66)(H,61,70)(H4,50,51,53). The number of unbranched alkanes of at least 4 members (excludes halogenated alkanes) is 1. The summed E-state index contributed by atoms with van der Waals surface area (Å²) in [7, 11) is 0. The zero-order chi connectivity index (χ0) is 51.9. The summed E-state index contributed by atoms with van der Waals surface area (Å²) in [5.74, 6) is -7.67. The number of fused-ring (bicyclic) bond motifs is 1. The van der Waals surface area contributed by atoms with E-state index >= 15 is 0 Å². The Morgan fingerprint density at radius 1 is 0.761 bits per heavy atom. The maximum atomic E-state index is 14.4. The van der Waals surface area contributed by atoms with Crippen LogP contribution in [0.5, 0.6) is 0 Å². The van der Waals surface area contributed by atoms with Crippen LogP contribution in [0.3, 0.4) is 0 Å². The van der Waals surface area contributed by atoms with Gasteiger partial charge in [-0.15, -0.1) is 0 Å². The summed E-state index contributed by atoms with van der Waals surface area (Å²) in [4.78, 5) is 130. The molecule has 1 saturated heterocycles. The number of carbonyl (C=O) groups is 9. The SMILES string of the molecule is CC(=O)NC(CCCN=C(N)N)C(=O)NC1CC(=O)NCCCCC(C(N)=O)NC(=O)C(Cc2c[nH]c3ccccc23)NC(=O)C(CCCCN)NC(=O)C(Cc2ccccc2)NC(=O)C(CO)NC1=O. The summed E-state index contributed by atoms with van der Waals surface area (Å²) in [6.07, 6.45) is 2.52. The highest BCUT2D eigenvalue weighted by Crippen LogP contribution is 2.20. The minimum Gasteiger partial charge on any atom is -0.394 e. The Hall–Kier alpha value is -7.60. The van der Waals surface area contributed by atoms with Gasteiger partial charge in [0.05, 0.1) is 13.0 Å². The monoisotopic (exact) mass is 989 g/mol. The van der Waals surface area contributed by atoms with Crippen LogP contribution >= 0.6 is 0 Å². The number of primary amides is 1. The average molecular weight is 989 g/mol. The summed E-state index contributed by atoms with van der Waals surface area (Å²) < 4.78 is 0. The highest BCUT2D eigenvalue weighted by Gasteiger charge is 2.35. The van der Waals surface area contributed by atoms with E-state index in [1.807, 2.05) is 24.3 Å². The third-order valence-electron chi connectivity index (χ3n) is 11.6. The number of aromatic amines is 1. The van der Waals surface area contributed by atoms with Crippen molar-refractivity contribution in [3.63, 3.8) is 0 Å². The number of nitrogens with two attached hydrogens (primary N) is 4. The highest BCUT2D eigenvalue weighted by atomic mass is 16.3. The molecular formula is C47H68N14O10. The van der Waals surface area contributed by atoms with E-state index in [1.165, 1.54) is 6.92 Å².